The first-order valence-corrected chi connectivity index (χ1v) is 7.98. The molecule has 1 aliphatic carbocycles. The Balaban J connectivity index is 2.07. The number of carbonyl (C=O) groups excluding carboxylic acids is 3. The minimum Gasteiger partial charge on any atom is -0.306 e. The summed E-state index contributed by atoms with van der Waals surface area (Å²) >= 11 is 0. The van der Waals surface area contributed by atoms with Crippen LogP contribution in [0.5, 0.6) is 0 Å². The molecule has 2 atom stereocenters. The Bertz CT molecular complexity index is 539. The Kier molecular flexibility index (Phi) is 5.36. The Morgan fingerprint density at radius 3 is 2.22 bits per heavy atom. The average molecular weight is 319 g/mol. The monoisotopic (exact) mass is 319 g/mol. The summed E-state index contributed by atoms with van der Waals surface area (Å²) in [6, 6.07) is -0.0129. The molecule has 23 heavy (non-hydrogen) atoms. The molecule has 1 saturated heterocycles. The largest absolute Gasteiger partial charge is 0.333 e. The van der Waals surface area contributed by atoms with Crippen molar-refractivity contribution in [2.75, 3.05) is 28.2 Å². The number of carbonyl (C=O) groups is 3. The van der Waals surface area contributed by atoms with E-state index in [2.05, 4.69) is 25.1 Å². The zero-order chi connectivity index (χ0) is 17.1. The summed E-state index contributed by atoms with van der Waals surface area (Å²) in [5.74, 6) is -0.631. The lowest BCUT2D eigenvalue weighted by atomic mass is 9.85. The third kappa shape index (κ3) is 3.69. The zero-order valence-corrected chi connectivity index (χ0v) is 14.3. The molecule has 2 aliphatic rings. The van der Waals surface area contributed by atoms with Crippen molar-refractivity contribution in [1.29, 1.82) is 0 Å². The van der Waals surface area contributed by atoms with Crippen LogP contribution in [-0.2, 0) is 9.59 Å². The van der Waals surface area contributed by atoms with Gasteiger partial charge in [-0.1, -0.05) is 18.6 Å². The van der Waals surface area contributed by atoms with Crippen LogP contribution < -0.4 is 0 Å². The van der Waals surface area contributed by atoms with Gasteiger partial charge in [-0.15, -0.1) is 0 Å². The van der Waals surface area contributed by atoms with E-state index in [4.69, 9.17) is 0 Å². The van der Waals surface area contributed by atoms with Gasteiger partial charge in [-0.3, -0.25) is 19.4 Å². The van der Waals surface area contributed by atoms with Crippen molar-refractivity contribution in [3.8, 4) is 0 Å². The summed E-state index contributed by atoms with van der Waals surface area (Å²) in [6.45, 7) is 0. The van der Waals surface area contributed by atoms with Gasteiger partial charge in [0.15, 0.2) is 0 Å². The van der Waals surface area contributed by atoms with Crippen molar-refractivity contribution in [3.05, 3.63) is 23.8 Å². The summed E-state index contributed by atoms with van der Waals surface area (Å²) < 4.78 is 0. The predicted molar refractivity (Wildman–Crippen MR) is 87.6 cm³/mol. The van der Waals surface area contributed by atoms with Crippen molar-refractivity contribution >= 4 is 17.8 Å². The lowest BCUT2D eigenvalue weighted by molar-refractivity contribution is -0.134. The fourth-order valence-electron chi connectivity index (χ4n) is 3.15. The van der Waals surface area contributed by atoms with Gasteiger partial charge in [0.05, 0.1) is 0 Å². The topological polar surface area (TPSA) is 60.9 Å². The molecule has 2 unspecified atom stereocenters. The highest BCUT2D eigenvalue weighted by Crippen LogP contribution is 2.27. The molecule has 4 amide bonds. The summed E-state index contributed by atoms with van der Waals surface area (Å²) in [4.78, 5) is 40.0. The van der Waals surface area contributed by atoms with Crippen LogP contribution in [0.25, 0.3) is 0 Å². The second-order valence-corrected chi connectivity index (χ2v) is 6.52. The van der Waals surface area contributed by atoms with E-state index in [9.17, 15) is 14.4 Å². The standard InChI is InChI=1S/C17H25N3O3/c1-18(2)13-9-5-7-12(11-13)8-6-10-14-15(21)19(3)17(23)20(4)16(14)22/h6,8,10,12-13H,5,7,9,11H2,1-4H3/b8-6+. The first-order valence-electron chi connectivity index (χ1n) is 7.98. The van der Waals surface area contributed by atoms with Crippen molar-refractivity contribution < 1.29 is 14.4 Å². The van der Waals surface area contributed by atoms with Gasteiger partial charge in [0.2, 0.25) is 0 Å². The fourth-order valence-corrected chi connectivity index (χ4v) is 3.15. The number of hydrogen-bond acceptors (Lipinski definition) is 4. The highest BCUT2D eigenvalue weighted by atomic mass is 16.2. The molecule has 1 aliphatic heterocycles. The van der Waals surface area contributed by atoms with Crippen LogP contribution in [0.4, 0.5) is 4.79 Å². The van der Waals surface area contributed by atoms with E-state index in [1.807, 2.05) is 0 Å². The summed E-state index contributed by atoms with van der Waals surface area (Å²) in [7, 11) is 6.96. The number of hydrogen-bond donors (Lipinski definition) is 0. The number of barbiturate groups is 1. The van der Waals surface area contributed by atoms with Gasteiger partial charge in [-0.2, -0.15) is 0 Å². The third-order valence-corrected chi connectivity index (χ3v) is 4.71. The van der Waals surface area contributed by atoms with Gasteiger partial charge in [-0.05, 0) is 45.4 Å². The molecule has 0 radical (unpaired) electrons. The molecule has 2 rings (SSSR count). The Morgan fingerprint density at radius 2 is 1.65 bits per heavy atom. The van der Waals surface area contributed by atoms with Gasteiger partial charge in [0, 0.05) is 20.1 Å². The van der Waals surface area contributed by atoms with E-state index >= 15 is 0 Å². The van der Waals surface area contributed by atoms with E-state index in [-0.39, 0.29) is 5.57 Å². The third-order valence-electron chi connectivity index (χ3n) is 4.71. The van der Waals surface area contributed by atoms with Crippen molar-refractivity contribution in [3.63, 3.8) is 0 Å². The number of allylic oxidation sites excluding steroid dienone is 3. The highest BCUT2D eigenvalue weighted by molar-refractivity contribution is 6.28. The SMILES string of the molecule is CN1C(=O)C(=C/C=C/C2CCCC(N(C)C)C2)C(=O)N(C)C1=O. The van der Waals surface area contributed by atoms with Gasteiger partial charge in [0.1, 0.15) is 5.57 Å². The predicted octanol–water partition coefficient (Wildman–Crippen LogP) is 1.64. The van der Waals surface area contributed by atoms with E-state index in [0.717, 1.165) is 22.6 Å². The van der Waals surface area contributed by atoms with Gasteiger partial charge in [-0.25, -0.2) is 4.79 Å². The maximum atomic E-state index is 12.1. The number of amides is 4. The number of likely N-dealkylation sites (N-methyl/N-ethyl adjacent to an activating group) is 2. The van der Waals surface area contributed by atoms with E-state index in [0.29, 0.717) is 12.0 Å². The Hall–Kier alpha value is -1.95. The lowest BCUT2D eigenvalue weighted by Gasteiger charge is -2.32. The normalized spacial score (nSPS) is 26.7. The smallest absolute Gasteiger partial charge is 0.306 e. The second-order valence-electron chi connectivity index (χ2n) is 6.52. The summed E-state index contributed by atoms with van der Waals surface area (Å²) in [5.41, 5.74) is 0.0332. The van der Waals surface area contributed by atoms with Crippen molar-refractivity contribution in [2.24, 2.45) is 5.92 Å². The maximum Gasteiger partial charge on any atom is 0.333 e. The van der Waals surface area contributed by atoms with E-state index in [1.54, 1.807) is 6.08 Å². The van der Waals surface area contributed by atoms with Crippen LogP contribution in [0.1, 0.15) is 25.7 Å². The number of nitrogens with zero attached hydrogens (tertiary/aromatic N) is 3. The lowest BCUT2D eigenvalue weighted by Crippen LogP contribution is -2.52. The first-order chi connectivity index (χ1) is 10.8. The number of urea groups is 1. The zero-order valence-electron chi connectivity index (χ0n) is 14.3. The number of imide groups is 2. The first kappa shape index (κ1) is 17.4. The molecule has 0 aromatic rings. The quantitative estimate of drug-likeness (QED) is 0.586. The molecule has 0 aromatic heterocycles. The molecule has 1 heterocycles. The van der Waals surface area contributed by atoms with Crippen LogP contribution in [-0.4, -0.2) is 66.8 Å². The molecule has 2 fully saturated rings. The molecule has 0 aromatic carbocycles. The molecular formula is C17H25N3O3. The number of rotatable bonds is 3. The Labute approximate surface area is 137 Å². The Morgan fingerprint density at radius 1 is 1.04 bits per heavy atom. The molecule has 0 bridgehead atoms. The minimum atomic E-state index is -0.595. The van der Waals surface area contributed by atoms with E-state index < -0.39 is 17.8 Å². The molecule has 6 heteroatoms. The highest BCUT2D eigenvalue weighted by Gasteiger charge is 2.37. The molecule has 6 nitrogen and oxygen atoms in total. The molecule has 0 N–H and O–H groups in total. The van der Waals surface area contributed by atoms with E-state index in [1.165, 1.54) is 33.0 Å². The van der Waals surface area contributed by atoms with Crippen molar-refractivity contribution in [1.82, 2.24) is 14.7 Å². The molecule has 1 saturated carbocycles. The van der Waals surface area contributed by atoms with Crippen LogP contribution in [0.3, 0.4) is 0 Å². The van der Waals surface area contributed by atoms with Crippen molar-refractivity contribution in [2.45, 2.75) is 31.7 Å². The maximum absolute atomic E-state index is 12.1. The van der Waals surface area contributed by atoms with Gasteiger partial charge < -0.3 is 4.90 Å². The van der Waals surface area contributed by atoms with Crippen LogP contribution in [0.2, 0.25) is 0 Å². The average Bonchev–Trinajstić information content (AvgIpc) is 2.54. The molecule has 0 spiro atoms. The summed E-state index contributed by atoms with van der Waals surface area (Å²) in [5, 5.41) is 0. The van der Waals surface area contributed by atoms with Gasteiger partial charge >= 0.3 is 6.03 Å². The van der Waals surface area contributed by atoms with Crippen LogP contribution in [0, 0.1) is 5.92 Å². The molecular weight excluding hydrogens is 294 g/mol. The van der Waals surface area contributed by atoms with Crippen LogP contribution in [0.15, 0.2) is 23.8 Å². The summed E-state index contributed by atoms with van der Waals surface area (Å²) in [6.07, 6.45) is 10.0. The van der Waals surface area contributed by atoms with Crippen LogP contribution >= 0.6 is 0 Å². The minimum absolute atomic E-state index is 0.0332. The molecule has 126 valence electrons. The second kappa shape index (κ2) is 7.08. The van der Waals surface area contributed by atoms with Gasteiger partial charge in [0.25, 0.3) is 11.8 Å². The fraction of sp³-hybridized carbons (Fsp3) is 0.588.